The third kappa shape index (κ3) is 2.93. The maximum absolute atomic E-state index is 11.9. The highest BCUT2D eigenvalue weighted by atomic mass is 16.5. The molecule has 104 valence electrons. The Bertz CT molecular complexity index is 627. The van der Waals surface area contributed by atoms with E-state index in [1.807, 2.05) is 30.5 Å². The van der Waals surface area contributed by atoms with Gasteiger partial charge >= 0.3 is 5.97 Å². The molecule has 1 aliphatic carbocycles. The Morgan fingerprint density at radius 1 is 1.30 bits per heavy atom. The standard InChI is InChI=1S/C17H19NO2/c19-17(20-12-13-6-2-1-3-7-13)10-14-11-18-16-9-5-4-8-15(14)16/h1-2,4-5,8-9,11,13,18H,3,6-7,10,12H2. The number of aromatic amines is 1. The second-order valence-corrected chi connectivity index (χ2v) is 5.37. The number of para-hydroxylation sites is 1. The van der Waals surface area contributed by atoms with Gasteiger partial charge in [0, 0.05) is 17.1 Å². The molecule has 1 aromatic heterocycles. The lowest BCUT2D eigenvalue weighted by Crippen LogP contribution is -2.16. The first-order valence-electron chi connectivity index (χ1n) is 7.18. The molecule has 1 aromatic carbocycles. The van der Waals surface area contributed by atoms with Crippen LogP contribution in [0.4, 0.5) is 0 Å². The first kappa shape index (κ1) is 13.0. The van der Waals surface area contributed by atoms with Crippen molar-refractivity contribution in [1.29, 1.82) is 0 Å². The topological polar surface area (TPSA) is 42.1 Å². The maximum Gasteiger partial charge on any atom is 0.310 e. The molecule has 1 unspecified atom stereocenters. The van der Waals surface area contributed by atoms with Crippen LogP contribution in [0.2, 0.25) is 0 Å². The Hall–Kier alpha value is -2.03. The fourth-order valence-electron chi connectivity index (χ4n) is 2.70. The van der Waals surface area contributed by atoms with Crippen LogP contribution >= 0.6 is 0 Å². The predicted octanol–water partition coefficient (Wildman–Crippen LogP) is 3.61. The van der Waals surface area contributed by atoms with E-state index in [0.717, 1.165) is 35.7 Å². The summed E-state index contributed by atoms with van der Waals surface area (Å²) in [4.78, 5) is 15.1. The predicted molar refractivity (Wildman–Crippen MR) is 79.4 cm³/mol. The van der Waals surface area contributed by atoms with Crippen LogP contribution in [0.25, 0.3) is 10.9 Å². The summed E-state index contributed by atoms with van der Waals surface area (Å²) < 4.78 is 5.42. The minimum absolute atomic E-state index is 0.135. The van der Waals surface area contributed by atoms with E-state index in [9.17, 15) is 4.79 Å². The van der Waals surface area contributed by atoms with E-state index in [-0.39, 0.29) is 5.97 Å². The third-order valence-corrected chi connectivity index (χ3v) is 3.87. The van der Waals surface area contributed by atoms with Crippen LogP contribution in [0.15, 0.2) is 42.6 Å². The average Bonchev–Trinajstić information content (AvgIpc) is 2.90. The van der Waals surface area contributed by atoms with Crippen LogP contribution in [-0.4, -0.2) is 17.6 Å². The van der Waals surface area contributed by atoms with E-state index < -0.39 is 0 Å². The van der Waals surface area contributed by atoms with Crippen LogP contribution in [-0.2, 0) is 16.0 Å². The fourth-order valence-corrected chi connectivity index (χ4v) is 2.70. The number of allylic oxidation sites excluding steroid dienone is 2. The Labute approximate surface area is 118 Å². The number of nitrogens with one attached hydrogen (secondary N) is 1. The van der Waals surface area contributed by atoms with Gasteiger partial charge in [0.2, 0.25) is 0 Å². The zero-order valence-corrected chi connectivity index (χ0v) is 11.5. The summed E-state index contributed by atoms with van der Waals surface area (Å²) in [6.07, 6.45) is 9.87. The molecule has 0 saturated heterocycles. The molecule has 3 rings (SSSR count). The first-order valence-corrected chi connectivity index (χ1v) is 7.18. The third-order valence-electron chi connectivity index (χ3n) is 3.87. The molecule has 0 amide bonds. The van der Waals surface area contributed by atoms with Gasteiger partial charge in [-0.2, -0.15) is 0 Å². The molecule has 0 saturated carbocycles. The van der Waals surface area contributed by atoms with Crippen LogP contribution in [0.5, 0.6) is 0 Å². The molecule has 1 heterocycles. The Balaban J connectivity index is 1.57. The SMILES string of the molecule is O=C(Cc1c[nH]c2ccccc12)OCC1CC=CCC1. The monoisotopic (exact) mass is 269 g/mol. The van der Waals surface area contributed by atoms with Crippen molar-refractivity contribution in [3.63, 3.8) is 0 Å². The number of fused-ring (bicyclic) bond motifs is 1. The molecule has 0 aliphatic heterocycles. The maximum atomic E-state index is 11.9. The summed E-state index contributed by atoms with van der Waals surface area (Å²) in [5.74, 6) is 0.358. The van der Waals surface area contributed by atoms with Gasteiger partial charge in [-0.05, 0) is 36.8 Å². The van der Waals surface area contributed by atoms with Crippen molar-refractivity contribution in [3.05, 3.63) is 48.2 Å². The van der Waals surface area contributed by atoms with E-state index in [1.54, 1.807) is 0 Å². The Morgan fingerprint density at radius 2 is 2.20 bits per heavy atom. The second kappa shape index (κ2) is 5.95. The van der Waals surface area contributed by atoms with E-state index >= 15 is 0 Å². The molecule has 1 aliphatic rings. The second-order valence-electron chi connectivity index (χ2n) is 5.37. The number of hydrogen-bond acceptors (Lipinski definition) is 2. The van der Waals surface area contributed by atoms with Crippen molar-refractivity contribution < 1.29 is 9.53 Å². The van der Waals surface area contributed by atoms with Gasteiger partial charge < -0.3 is 9.72 Å². The molecule has 3 heteroatoms. The number of rotatable bonds is 4. The lowest BCUT2D eigenvalue weighted by atomic mass is 9.95. The van der Waals surface area contributed by atoms with E-state index in [2.05, 4.69) is 17.1 Å². The van der Waals surface area contributed by atoms with Crippen LogP contribution < -0.4 is 0 Å². The quantitative estimate of drug-likeness (QED) is 0.680. The van der Waals surface area contributed by atoms with Gasteiger partial charge in [0.25, 0.3) is 0 Å². The lowest BCUT2D eigenvalue weighted by Gasteiger charge is -2.17. The van der Waals surface area contributed by atoms with Crippen molar-refractivity contribution in [1.82, 2.24) is 4.98 Å². The van der Waals surface area contributed by atoms with E-state index in [4.69, 9.17) is 4.74 Å². The normalized spacial score (nSPS) is 18.3. The summed E-state index contributed by atoms with van der Waals surface area (Å²) in [6, 6.07) is 8.01. The van der Waals surface area contributed by atoms with Crippen LogP contribution in [0, 0.1) is 5.92 Å². The largest absolute Gasteiger partial charge is 0.465 e. The summed E-state index contributed by atoms with van der Waals surface area (Å²) in [5, 5.41) is 1.10. The van der Waals surface area contributed by atoms with Crippen molar-refractivity contribution in [2.24, 2.45) is 5.92 Å². The van der Waals surface area contributed by atoms with Crippen LogP contribution in [0.3, 0.4) is 0 Å². The molecule has 1 N–H and O–H groups in total. The van der Waals surface area contributed by atoms with Gasteiger partial charge in [-0.25, -0.2) is 0 Å². The minimum Gasteiger partial charge on any atom is -0.465 e. The molecule has 20 heavy (non-hydrogen) atoms. The number of H-pyrrole nitrogens is 1. The summed E-state index contributed by atoms with van der Waals surface area (Å²) in [7, 11) is 0. The average molecular weight is 269 g/mol. The van der Waals surface area contributed by atoms with Crippen molar-refractivity contribution in [3.8, 4) is 0 Å². The number of carbonyl (C=O) groups excluding carboxylic acids is 1. The minimum atomic E-state index is -0.135. The first-order chi connectivity index (χ1) is 9.83. The fraction of sp³-hybridized carbons (Fsp3) is 0.353. The summed E-state index contributed by atoms with van der Waals surface area (Å²) in [5.41, 5.74) is 2.07. The zero-order valence-electron chi connectivity index (χ0n) is 11.5. The van der Waals surface area contributed by atoms with E-state index in [1.165, 1.54) is 0 Å². The van der Waals surface area contributed by atoms with Gasteiger partial charge in [-0.3, -0.25) is 4.79 Å². The van der Waals surface area contributed by atoms with Crippen molar-refractivity contribution >= 4 is 16.9 Å². The molecule has 1 atom stereocenters. The van der Waals surface area contributed by atoms with Gasteiger partial charge in [-0.15, -0.1) is 0 Å². The van der Waals surface area contributed by atoms with Gasteiger partial charge in [0.1, 0.15) is 0 Å². The highest BCUT2D eigenvalue weighted by molar-refractivity contribution is 5.87. The molecule has 0 spiro atoms. The molecule has 2 aromatic rings. The Morgan fingerprint density at radius 3 is 3.05 bits per heavy atom. The number of hydrogen-bond donors (Lipinski definition) is 1. The van der Waals surface area contributed by atoms with Gasteiger partial charge in [0.15, 0.2) is 0 Å². The number of benzene rings is 1. The van der Waals surface area contributed by atoms with Gasteiger partial charge in [-0.1, -0.05) is 30.4 Å². The number of carbonyl (C=O) groups is 1. The summed E-state index contributed by atoms with van der Waals surface area (Å²) >= 11 is 0. The number of esters is 1. The molecule has 0 fully saturated rings. The highest BCUT2D eigenvalue weighted by Crippen LogP contribution is 2.20. The van der Waals surface area contributed by atoms with Crippen molar-refractivity contribution in [2.75, 3.05) is 6.61 Å². The molecule has 0 radical (unpaired) electrons. The smallest absolute Gasteiger partial charge is 0.310 e. The lowest BCUT2D eigenvalue weighted by molar-refractivity contribution is -0.144. The Kier molecular flexibility index (Phi) is 3.86. The number of aromatic nitrogens is 1. The van der Waals surface area contributed by atoms with Crippen molar-refractivity contribution in [2.45, 2.75) is 25.7 Å². The highest BCUT2D eigenvalue weighted by Gasteiger charge is 2.14. The summed E-state index contributed by atoms with van der Waals surface area (Å²) in [6.45, 7) is 0.547. The van der Waals surface area contributed by atoms with E-state index in [0.29, 0.717) is 18.9 Å². The number of ether oxygens (including phenoxy) is 1. The van der Waals surface area contributed by atoms with Gasteiger partial charge in [0.05, 0.1) is 13.0 Å². The molecular weight excluding hydrogens is 250 g/mol. The molecule has 3 nitrogen and oxygen atoms in total. The zero-order chi connectivity index (χ0) is 13.8. The molecular formula is C17H19NO2. The molecule has 0 bridgehead atoms. The van der Waals surface area contributed by atoms with Crippen LogP contribution in [0.1, 0.15) is 24.8 Å².